The SMILES string of the molecule is C.C.CO.COC(=O)CCC(=O)O. The Hall–Kier alpha value is -1.10. The highest BCUT2D eigenvalue weighted by Gasteiger charge is 2.02. The van der Waals surface area contributed by atoms with Crippen molar-refractivity contribution >= 4 is 11.9 Å². The van der Waals surface area contributed by atoms with Crippen LogP contribution in [0, 0.1) is 0 Å². The molecule has 2 N–H and O–H groups in total. The fourth-order valence-electron chi connectivity index (χ4n) is 0.311. The van der Waals surface area contributed by atoms with E-state index < -0.39 is 11.9 Å². The lowest BCUT2D eigenvalue weighted by Gasteiger charge is -1.92. The summed E-state index contributed by atoms with van der Waals surface area (Å²) < 4.78 is 4.20. The molecule has 0 fully saturated rings. The molecular weight excluding hydrogens is 176 g/mol. The van der Waals surface area contributed by atoms with Crippen LogP contribution in [0.25, 0.3) is 0 Å². The van der Waals surface area contributed by atoms with Gasteiger partial charge in [-0.15, -0.1) is 0 Å². The summed E-state index contributed by atoms with van der Waals surface area (Å²) in [5.74, 6) is -1.47. The van der Waals surface area contributed by atoms with Crippen LogP contribution in [0.3, 0.4) is 0 Å². The largest absolute Gasteiger partial charge is 0.481 e. The van der Waals surface area contributed by atoms with Gasteiger partial charge in [-0.05, 0) is 0 Å². The molecular formula is C8H20O5. The minimum absolute atomic E-state index is 0. The second-order valence-corrected chi connectivity index (χ2v) is 1.47. The van der Waals surface area contributed by atoms with Crippen LogP contribution in [0.5, 0.6) is 0 Å². The molecule has 0 aromatic rings. The number of ether oxygens (including phenoxy) is 1. The van der Waals surface area contributed by atoms with Crippen LogP contribution in [0.15, 0.2) is 0 Å². The van der Waals surface area contributed by atoms with Crippen LogP contribution in [-0.4, -0.2) is 36.4 Å². The minimum Gasteiger partial charge on any atom is -0.481 e. The standard InChI is InChI=1S/C5H8O4.CH4O.2CH4/c1-9-5(8)3-2-4(6)7;1-2;;/h2-3H2,1H3,(H,6,7);2H,1H3;2*1H4. The normalized spacial score (nSPS) is 6.38. The first-order valence-corrected chi connectivity index (χ1v) is 2.90. The number of aliphatic hydroxyl groups is 1. The Morgan fingerprint density at radius 1 is 1.15 bits per heavy atom. The minimum atomic E-state index is -0.986. The van der Waals surface area contributed by atoms with Crippen molar-refractivity contribution < 1.29 is 24.5 Å². The van der Waals surface area contributed by atoms with Crippen LogP contribution in [0.2, 0.25) is 0 Å². The van der Waals surface area contributed by atoms with Gasteiger partial charge in [0.05, 0.1) is 20.0 Å². The van der Waals surface area contributed by atoms with E-state index in [4.69, 9.17) is 10.2 Å². The second kappa shape index (κ2) is 17.1. The first kappa shape index (κ1) is 22.7. The van der Waals surface area contributed by atoms with Crippen LogP contribution in [0.1, 0.15) is 27.7 Å². The third kappa shape index (κ3) is 24.8. The molecule has 5 nitrogen and oxygen atoms in total. The molecule has 0 aliphatic rings. The molecule has 0 spiro atoms. The number of hydrogen-bond donors (Lipinski definition) is 2. The van der Waals surface area contributed by atoms with Gasteiger partial charge >= 0.3 is 11.9 Å². The molecule has 0 unspecified atom stereocenters. The van der Waals surface area contributed by atoms with Gasteiger partial charge in [-0.25, -0.2) is 0 Å². The molecule has 0 saturated heterocycles. The monoisotopic (exact) mass is 196 g/mol. The van der Waals surface area contributed by atoms with Crippen LogP contribution >= 0.6 is 0 Å². The maximum Gasteiger partial charge on any atom is 0.306 e. The Balaban J connectivity index is -0.0000000941. The number of carboxylic acid groups (broad SMARTS) is 1. The molecule has 0 aliphatic heterocycles. The van der Waals surface area contributed by atoms with E-state index in [-0.39, 0.29) is 27.7 Å². The highest BCUT2D eigenvalue weighted by atomic mass is 16.5. The Kier molecular flexibility index (Phi) is 29.8. The van der Waals surface area contributed by atoms with Crippen molar-refractivity contribution in [2.24, 2.45) is 0 Å². The van der Waals surface area contributed by atoms with E-state index in [1.165, 1.54) is 7.11 Å². The lowest BCUT2D eigenvalue weighted by Crippen LogP contribution is -2.04. The molecule has 0 heterocycles. The zero-order valence-corrected chi connectivity index (χ0v) is 6.53. The summed E-state index contributed by atoms with van der Waals surface area (Å²) in [6.45, 7) is 0. The first-order valence-electron chi connectivity index (χ1n) is 2.90. The summed E-state index contributed by atoms with van der Waals surface area (Å²) >= 11 is 0. The Morgan fingerprint density at radius 2 is 1.54 bits per heavy atom. The molecule has 0 radical (unpaired) electrons. The van der Waals surface area contributed by atoms with E-state index in [2.05, 4.69) is 4.74 Å². The Labute approximate surface area is 79.3 Å². The number of rotatable bonds is 3. The third-order valence-electron chi connectivity index (χ3n) is 0.771. The molecule has 0 aliphatic carbocycles. The molecule has 0 saturated carbocycles. The number of esters is 1. The van der Waals surface area contributed by atoms with Crippen LogP contribution in [0.4, 0.5) is 0 Å². The van der Waals surface area contributed by atoms with Crippen LogP contribution in [-0.2, 0) is 14.3 Å². The molecule has 0 bridgehead atoms. The summed E-state index contributed by atoms with van der Waals surface area (Å²) in [6.07, 6.45) is -0.210. The Morgan fingerprint density at radius 3 is 1.77 bits per heavy atom. The number of methoxy groups -OCH3 is 1. The van der Waals surface area contributed by atoms with E-state index in [0.29, 0.717) is 0 Å². The van der Waals surface area contributed by atoms with Crippen LogP contribution < -0.4 is 0 Å². The first-order chi connectivity index (χ1) is 5.16. The zero-order chi connectivity index (χ0) is 9.28. The molecule has 0 aromatic carbocycles. The maximum absolute atomic E-state index is 10.2. The highest BCUT2D eigenvalue weighted by molar-refractivity contribution is 5.76. The predicted octanol–water partition coefficient (Wildman–Crippen LogP) is 0.905. The average Bonchev–Trinajstić information content (AvgIpc) is 2.04. The van der Waals surface area contributed by atoms with E-state index in [9.17, 15) is 9.59 Å². The van der Waals surface area contributed by atoms with E-state index in [0.717, 1.165) is 7.11 Å². The number of hydrogen-bond acceptors (Lipinski definition) is 4. The van der Waals surface area contributed by atoms with Crippen molar-refractivity contribution in [1.29, 1.82) is 0 Å². The molecule has 0 rings (SSSR count). The van der Waals surface area contributed by atoms with Crippen molar-refractivity contribution in [2.45, 2.75) is 27.7 Å². The maximum atomic E-state index is 10.2. The molecule has 0 aromatic heterocycles. The molecule has 13 heavy (non-hydrogen) atoms. The summed E-state index contributed by atoms with van der Waals surface area (Å²) in [6, 6.07) is 0. The van der Waals surface area contributed by atoms with E-state index >= 15 is 0 Å². The van der Waals surface area contributed by atoms with Crippen molar-refractivity contribution in [2.75, 3.05) is 14.2 Å². The number of carboxylic acids is 1. The van der Waals surface area contributed by atoms with Crippen molar-refractivity contribution in [3.05, 3.63) is 0 Å². The number of aliphatic hydroxyl groups excluding tert-OH is 1. The summed E-state index contributed by atoms with van der Waals surface area (Å²) in [5, 5.41) is 15.1. The Bertz CT molecular complexity index is 122. The molecule has 0 atom stereocenters. The van der Waals surface area contributed by atoms with Gasteiger partial charge in [-0.2, -0.15) is 0 Å². The van der Waals surface area contributed by atoms with E-state index in [1.54, 1.807) is 0 Å². The van der Waals surface area contributed by atoms with Gasteiger partial charge in [0.25, 0.3) is 0 Å². The third-order valence-corrected chi connectivity index (χ3v) is 0.771. The van der Waals surface area contributed by atoms with Gasteiger partial charge in [0.15, 0.2) is 0 Å². The van der Waals surface area contributed by atoms with Crippen molar-refractivity contribution in [1.82, 2.24) is 0 Å². The van der Waals surface area contributed by atoms with Gasteiger partial charge in [-0.1, -0.05) is 14.9 Å². The summed E-state index contributed by atoms with van der Waals surface area (Å²) in [5.41, 5.74) is 0. The number of carbonyl (C=O) groups is 2. The number of aliphatic carboxylic acids is 1. The van der Waals surface area contributed by atoms with Gasteiger partial charge in [0.1, 0.15) is 0 Å². The lowest BCUT2D eigenvalue weighted by molar-refractivity contribution is -0.145. The van der Waals surface area contributed by atoms with Gasteiger partial charge in [-0.3, -0.25) is 9.59 Å². The average molecular weight is 196 g/mol. The predicted molar refractivity (Wildman–Crippen MR) is 50.5 cm³/mol. The quantitative estimate of drug-likeness (QED) is 0.655. The fraction of sp³-hybridized carbons (Fsp3) is 0.750. The highest BCUT2D eigenvalue weighted by Crippen LogP contribution is 1.89. The lowest BCUT2D eigenvalue weighted by atomic mass is 10.3. The summed E-state index contributed by atoms with van der Waals surface area (Å²) in [7, 11) is 2.23. The zero-order valence-electron chi connectivity index (χ0n) is 6.53. The topological polar surface area (TPSA) is 83.8 Å². The van der Waals surface area contributed by atoms with Crippen molar-refractivity contribution in [3.8, 4) is 0 Å². The number of carbonyl (C=O) groups excluding carboxylic acids is 1. The van der Waals surface area contributed by atoms with E-state index in [1.807, 2.05) is 0 Å². The fourth-order valence-corrected chi connectivity index (χ4v) is 0.311. The van der Waals surface area contributed by atoms with Gasteiger partial charge < -0.3 is 14.9 Å². The van der Waals surface area contributed by atoms with Gasteiger partial charge in [0.2, 0.25) is 0 Å². The molecule has 0 amide bonds. The summed E-state index contributed by atoms with van der Waals surface area (Å²) in [4.78, 5) is 20.0. The second-order valence-electron chi connectivity index (χ2n) is 1.47. The smallest absolute Gasteiger partial charge is 0.306 e. The van der Waals surface area contributed by atoms with Crippen molar-refractivity contribution in [3.63, 3.8) is 0 Å². The molecule has 82 valence electrons. The van der Waals surface area contributed by atoms with Gasteiger partial charge in [0, 0.05) is 7.11 Å². The molecule has 5 heteroatoms.